The minimum absolute atomic E-state index is 0.0160. The Kier molecular flexibility index (Phi) is 8.85. The van der Waals surface area contributed by atoms with Gasteiger partial charge in [-0.25, -0.2) is 13.8 Å². The molecule has 1 aliphatic carbocycles. The molecule has 1 aromatic heterocycles. The molecule has 0 bridgehead atoms. The van der Waals surface area contributed by atoms with Crippen molar-refractivity contribution in [3.05, 3.63) is 35.5 Å². The summed E-state index contributed by atoms with van der Waals surface area (Å²) in [7, 11) is 2.00. The largest absolute Gasteiger partial charge is 0.421 e. The second-order valence-corrected chi connectivity index (χ2v) is 9.64. The summed E-state index contributed by atoms with van der Waals surface area (Å²) in [6, 6.07) is 4.55. The number of halogens is 5. The Balaban J connectivity index is 1.44. The summed E-state index contributed by atoms with van der Waals surface area (Å²) in [6.45, 7) is 3.46. The number of nitrogens with one attached hydrogen (secondary N) is 3. The van der Waals surface area contributed by atoms with E-state index in [1.54, 1.807) is 6.07 Å². The molecule has 1 saturated heterocycles. The van der Waals surface area contributed by atoms with E-state index in [2.05, 4.69) is 30.8 Å². The molecule has 0 radical (unpaired) electrons. The Morgan fingerprint density at radius 2 is 1.87 bits per heavy atom. The molecule has 0 unspecified atom stereocenters. The van der Waals surface area contributed by atoms with Gasteiger partial charge in [-0.15, -0.1) is 0 Å². The first-order valence-corrected chi connectivity index (χ1v) is 12.7. The van der Waals surface area contributed by atoms with Crippen molar-refractivity contribution in [2.24, 2.45) is 5.92 Å². The lowest BCUT2D eigenvalue weighted by Gasteiger charge is -2.34. The molecule has 2 aliphatic rings. The number of benzene rings is 1. The second kappa shape index (κ2) is 12.1. The van der Waals surface area contributed by atoms with Gasteiger partial charge in [0.15, 0.2) is 0 Å². The molecule has 0 atom stereocenters. The van der Waals surface area contributed by atoms with Crippen LogP contribution in [0.1, 0.15) is 43.2 Å². The first-order chi connectivity index (χ1) is 18.1. The van der Waals surface area contributed by atoms with Crippen LogP contribution >= 0.6 is 0 Å². The fraction of sp³-hybridized carbons (Fsp3) is 0.560. The van der Waals surface area contributed by atoms with Gasteiger partial charge in [0.05, 0.1) is 0 Å². The van der Waals surface area contributed by atoms with Crippen LogP contribution in [-0.4, -0.2) is 67.1 Å². The normalized spacial score (nSPS) is 16.9. The molecule has 2 heterocycles. The zero-order valence-electron chi connectivity index (χ0n) is 21.1. The molecule has 13 heteroatoms. The van der Waals surface area contributed by atoms with E-state index < -0.39 is 24.0 Å². The van der Waals surface area contributed by atoms with Gasteiger partial charge in [0.1, 0.15) is 11.4 Å². The first-order valence-electron chi connectivity index (χ1n) is 12.7. The van der Waals surface area contributed by atoms with Gasteiger partial charge in [-0.05, 0) is 44.5 Å². The first kappa shape index (κ1) is 27.8. The summed E-state index contributed by atoms with van der Waals surface area (Å²) >= 11 is 0. The van der Waals surface area contributed by atoms with Crippen LogP contribution in [0.3, 0.4) is 0 Å². The van der Waals surface area contributed by atoms with Crippen LogP contribution in [0, 0.1) is 5.92 Å². The zero-order chi connectivity index (χ0) is 27.3. The number of likely N-dealkylation sites (N-methyl/N-ethyl adjacent to an activating group) is 1. The van der Waals surface area contributed by atoms with Crippen LogP contribution in [0.25, 0.3) is 0 Å². The fourth-order valence-corrected chi connectivity index (χ4v) is 4.33. The van der Waals surface area contributed by atoms with Crippen LogP contribution in [0.4, 0.5) is 45.1 Å². The van der Waals surface area contributed by atoms with E-state index >= 15 is 0 Å². The van der Waals surface area contributed by atoms with Gasteiger partial charge in [-0.2, -0.15) is 18.2 Å². The van der Waals surface area contributed by atoms with Crippen LogP contribution in [-0.2, 0) is 11.0 Å². The number of carbonyl (C=O) groups is 1. The average Bonchev–Trinajstić information content (AvgIpc) is 2.83. The molecule has 1 saturated carbocycles. The lowest BCUT2D eigenvalue weighted by molar-refractivity contribution is -0.137. The summed E-state index contributed by atoms with van der Waals surface area (Å²) in [4.78, 5) is 23.7. The summed E-state index contributed by atoms with van der Waals surface area (Å²) in [5.41, 5.74) is -0.691. The van der Waals surface area contributed by atoms with Crippen molar-refractivity contribution in [3.8, 4) is 0 Å². The van der Waals surface area contributed by atoms with Gasteiger partial charge in [0.2, 0.25) is 11.9 Å². The molecule has 4 rings (SSSR count). The molecule has 38 heavy (non-hydrogen) atoms. The summed E-state index contributed by atoms with van der Waals surface area (Å²) < 4.78 is 68.4. The van der Waals surface area contributed by atoms with Crippen LogP contribution < -0.4 is 20.9 Å². The highest BCUT2D eigenvalue weighted by atomic mass is 19.4. The molecule has 208 valence electrons. The minimum Gasteiger partial charge on any atom is -0.369 e. The predicted octanol–water partition coefficient (Wildman–Crippen LogP) is 4.65. The molecule has 1 amide bonds. The standard InChI is InChI=1S/C25H32F5N7O/c1-36-10-12-37(13-11-36)17-6-7-20(18(14-17)21(26)27)34-24-33-15-19(25(28,29)30)22(35-24)31-8-3-9-32-23(38)16-4-2-5-16/h6-7,14-16,21H,2-5,8-13H2,1H3,(H,32,38)(H2,31,33,34,35). The zero-order valence-corrected chi connectivity index (χ0v) is 21.1. The maximum Gasteiger partial charge on any atom is 0.421 e. The highest BCUT2D eigenvalue weighted by molar-refractivity contribution is 5.79. The minimum atomic E-state index is -4.71. The highest BCUT2D eigenvalue weighted by Crippen LogP contribution is 2.36. The summed E-state index contributed by atoms with van der Waals surface area (Å²) in [5.74, 6) is -0.709. The molecule has 8 nitrogen and oxygen atoms in total. The quantitative estimate of drug-likeness (QED) is 0.298. The number of piperazine rings is 1. The molecular formula is C25H32F5N7O. The Morgan fingerprint density at radius 3 is 2.50 bits per heavy atom. The van der Waals surface area contributed by atoms with Crippen molar-refractivity contribution in [1.29, 1.82) is 0 Å². The third-order valence-corrected chi connectivity index (χ3v) is 6.90. The summed E-state index contributed by atoms with van der Waals surface area (Å²) in [5, 5.41) is 8.09. The van der Waals surface area contributed by atoms with E-state index in [-0.39, 0.29) is 35.6 Å². The van der Waals surface area contributed by atoms with Crippen LogP contribution in [0.5, 0.6) is 0 Å². The van der Waals surface area contributed by atoms with Crippen LogP contribution in [0.15, 0.2) is 24.4 Å². The van der Waals surface area contributed by atoms with Crippen LogP contribution in [0.2, 0.25) is 0 Å². The Morgan fingerprint density at radius 1 is 1.13 bits per heavy atom. The molecule has 1 aromatic carbocycles. The van der Waals surface area contributed by atoms with E-state index in [9.17, 15) is 26.7 Å². The number of rotatable bonds is 10. The molecule has 1 aliphatic heterocycles. The molecule has 3 N–H and O–H groups in total. The van der Waals surface area contributed by atoms with Crippen molar-refractivity contribution >= 4 is 29.0 Å². The van der Waals surface area contributed by atoms with Crippen molar-refractivity contribution in [2.45, 2.75) is 38.3 Å². The smallest absolute Gasteiger partial charge is 0.369 e. The number of hydrogen-bond acceptors (Lipinski definition) is 7. The van der Waals surface area contributed by atoms with Gasteiger partial charge < -0.3 is 25.8 Å². The topological polar surface area (TPSA) is 85.4 Å². The SMILES string of the molecule is CN1CCN(c2ccc(Nc3ncc(C(F)(F)F)c(NCCCNC(=O)C4CCC4)n3)c(C(F)F)c2)CC1. The van der Waals surface area contributed by atoms with E-state index in [1.165, 1.54) is 12.1 Å². The van der Waals surface area contributed by atoms with Crippen molar-refractivity contribution in [1.82, 2.24) is 20.2 Å². The number of alkyl halides is 5. The second-order valence-electron chi connectivity index (χ2n) is 9.64. The molecule has 0 spiro atoms. The number of hydrogen-bond donors (Lipinski definition) is 3. The van der Waals surface area contributed by atoms with Gasteiger partial charge >= 0.3 is 6.18 Å². The van der Waals surface area contributed by atoms with Crippen molar-refractivity contribution < 1.29 is 26.7 Å². The Bertz CT molecular complexity index is 1100. The molecular weight excluding hydrogens is 509 g/mol. The monoisotopic (exact) mass is 541 g/mol. The number of amides is 1. The lowest BCUT2D eigenvalue weighted by atomic mass is 9.85. The van der Waals surface area contributed by atoms with E-state index in [0.29, 0.717) is 37.9 Å². The Hall–Kier alpha value is -3.22. The number of anilines is 4. The van der Waals surface area contributed by atoms with E-state index in [1.807, 2.05) is 11.9 Å². The number of carbonyl (C=O) groups excluding carboxylic acids is 1. The van der Waals surface area contributed by atoms with Crippen molar-refractivity contribution in [3.63, 3.8) is 0 Å². The maximum absolute atomic E-state index is 13.9. The molecule has 2 aromatic rings. The number of nitrogens with zero attached hydrogens (tertiary/aromatic N) is 4. The van der Waals surface area contributed by atoms with E-state index in [0.717, 1.165) is 32.4 Å². The fourth-order valence-electron chi connectivity index (χ4n) is 4.33. The maximum atomic E-state index is 13.9. The van der Waals surface area contributed by atoms with E-state index in [4.69, 9.17) is 0 Å². The lowest BCUT2D eigenvalue weighted by Crippen LogP contribution is -2.44. The third kappa shape index (κ3) is 7.00. The van der Waals surface area contributed by atoms with Crippen molar-refractivity contribution in [2.75, 3.05) is 61.8 Å². The Labute approximate surface area is 218 Å². The van der Waals surface area contributed by atoms with Gasteiger partial charge in [0, 0.05) is 68.3 Å². The average molecular weight is 542 g/mol. The summed E-state index contributed by atoms with van der Waals surface area (Å²) in [6.07, 6.45) is -3.76. The highest BCUT2D eigenvalue weighted by Gasteiger charge is 2.35. The number of aromatic nitrogens is 2. The van der Waals surface area contributed by atoms with Gasteiger partial charge in [-0.1, -0.05) is 6.42 Å². The molecule has 2 fully saturated rings. The third-order valence-electron chi connectivity index (χ3n) is 6.90. The predicted molar refractivity (Wildman–Crippen MR) is 135 cm³/mol. The van der Waals surface area contributed by atoms with Gasteiger partial charge in [-0.3, -0.25) is 4.79 Å². The van der Waals surface area contributed by atoms with Gasteiger partial charge in [0.25, 0.3) is 6.43 Å².